The minimum absolute atomic E-state index is 0.453. The Bertz CT molecular complexity index is 529. The van der Waals surface area contributed by atoms with Gasteiger partial charge in [0, 0.05) is 41.5 Å². The number of aromatic nitrogens is 1. The fourth-order valence-corrected chi connectivity index (χ4v) is 3.63. The number of benzene rings is 1. The van der Waals surface area contributed by atoms with Crippen LogP contribution in [0.2, 0.25) is 0 Å². The van der Waals surface area contributed by atoms with E-state index < -0.39 is 0 Å². The summed E-state index contributed by atoms with van der Waals surface area (Å²) >= 11 is 2.00. The molecular formula is C14H19N3S. The van der Waals surface area contributed by atoms with Gasteiger partial charge >= 0.3 is 0 Å². The predicted octanol–water partition coefficient (Wildman–Crippen LogP) is 2.33. The third-order valence-corrected chi connectivity index (χ3v) is 4.62. The second kappa shape index (κ2) is 5.34. The van der Waals surface area contributed by atoms with E-state index >= 15 is 0 Å². The second-order valence-corrected chi connectivity index (χ2v) is 5.86. The molecule has 18 heavy (non-hydrogen) atoms. The molecule has 0 spiro atoms. The van der Waals surface area contributed by atoms with Crippen molar-refractivity contribution < 1.29 is 0 Å². The average Bonchev–Trinajstić information content (AvgIpc) is 3.04. The molecule has 1 atom stereocenters. The van der Waals surface area contributed by atoms with Gasteiger partial charge in [-0.1, -0.05) is 18.2 Å². The molecule has 1 aliphatic rings. The van der Waals surface area contributed by atoms with Gasteiger partial charge in [-0.25, -0.2) is 0 Å². The molecule has 1 aromatic carbocycles. The quantitative estimate of drug-likeness (QED) is 0.887. The van der Waals surface area contributed by atoms with Crippen LogP contribution in [0.25, 0.3) is 10.9 Å². The average molecular weight is 261 g/mol. The van der Waals surface area contributed by atoms with E-state index in [4.69, 9.17) is 5.73 Å². The first-order chi connectivity index (χ1) is 8.90. The van der Waals surface area contributed by atoms with E-state index in [2.05, 4.69) is 40.3 Å². The SMILES string of the molecule is NCCCn1cc(C2NCCS2)c2ccccc21. The lowest BCUT2D eigenvalue weighted by molar-refractivity contribution is 0.665. The molecule has 2 aromatic rings. The first kappa shape index (κ1) is 12.1. The Kier molecular flexibility index (Phi) is 3.59. The van der Waals surface area contributed by atoms with Crippen LogP contribution in [0.15, 0.2) is 30.5 Å². The highest BCUT2D eigenvalue weighted by molar-refractivity contribution is 7.99. The summed E-state index contributed by atoms with van der Waals surface area (Å²) < 4.78 is 2.35. The maximum Gasteiger partial charge on any atom is 0.0810 e. The maximum atomic E-state index is 5.62. The van der Waals surface area contributed by atoms with Crippen LogP contribution >= 0.6 is 11.8 Å². The third kappa shape index (κ3) is 2.16. The van der Waals surface area contributed by atoms with Crippen molar-refractivity contribution >= 4 is 22.7 Å². The van der Waals surface area contributed by atoms with Gasteiger partial charge in [-0.15, -0.1) is 11.8 Å². The highest BCUT2D eigenvalue weighted by Crippen LogP contribution is 2.35. The van der Waals surface area contributed by atoms with Crippen LogP contribution in [-0.2, 0) is 6.54 Å². The zero-order valence-electron chi connectivity index (χ0n) is 10.4. The van der Waals surface area contributed by atoms with Crippen LogP contribution in [0.4, 0.5) is 0 Å². The van der Waals surface area contributed by atoms with Crippen molar-refractivity contribution in [1.29, 1.82) is 0 Å². The Balaban J connectivity index is 2.02. The lowest BCUT2D eigenvalue weighted by Gasteiger charge is -2.07. The van der Waals surface area contributed by atoms with Gasteiger partial charge in [0.05, 0.1) is 5.37 Å². The lowest BCUT2D eigenvalue weighted by atomic mass is 10.2. The van der Waals surface area contributed by atoms with E-state index in [0.29, 0.717) is 5.37 Å². The Hall–Kier alpha value is -0.970. The zero-order valence-corrected chi connectivity index (χ0v) is 11.2. The summed E-state index contributed by atoms with van der Waals surface area (Å²) in [6.07, 6.45) is 3.33. The van der Waals surface area contributed by atoms with Crippen molar-refractivity contribution in [1.82, 2.24) is 9.88 Å². The normalized spacial score (nSPS) is 19.7. The third-order valence-electron chi connectivity index (χ3n) is 3.42. The van der Waals surface area contributed by atoms with Crippen LogP contribution in [0.5, 0.6) is 0 Å². The number of hydrogen-bond donors (Lipinski definition) is 2. The van der Waals surface area contributed by atoms with Gasteiger partial charge in [-0.3, -0.25) is 0 Å². The summed E-state index contributed by atoms with van der Waals surface area (Å²) in [6.45, 7) is 2.87. The Morgan fingerprint density at radius 1 is 1.39 bits per heavy atom. The van der Waals surface area contributed by atoms with E-state index in [0.717, 1.165) is 26.1 Å². The van der Waals surface area contributed by atoms with Crippen molar-refractivity contribution in [2.45, 2.75) is 18.3 Å². The van der Waals surface area contributed by atoms with Gasteiger partial charge in [0.15, 0.2) is 0 Å². The van der Waals surface area contributed by atoms with Crippen LogP contribution in [0, 0.1) is 0 Å². The van der Waals surface area contributed by atoms with Crippen molar-refractivity contribution in [2.75, 3.05) is 18.8 Å². The van der Waals surface area contributed by atoms with Gasteiger partial charge in [0.2, 0.25) is 0 Å². The van der Waals surface area contributed by atoms with Crippen molar-refractivity contribution in [3.05, 3.63) is 36.0 Å². The molecule has 0 radical (unpaired) electrons. The van der Waals surface area contributed by atoms with Gasteiger partial charge < -0.3 is 15.6 Å². The molecule has 1 aromatic heterocycles. The molecule has 4 heteroatoms. The lowest BCUT2D eigenvalue weighted by Crippen LogP contribution is -2.11. The fraction of sp³-hybridized carbons (Fsp3) is 0.429. The van der Waals surface area contributed by atoms with E-state index in [-0.39, 0.29) is 0 Å². The summed E-state index contributed by atoms with van der Waals surface area (Å²) in [4.78, 5) is 0. The number of aryl methyl sites for hydroxylation is 1. The second-order valence-electron chi connectivity index (χ2n) is 4.64. The summed E-state index contributed by atoms with van der Waals surface area (Å²) in [5, 5.41) is 5.39. The van der Waals surface area contributed by atoms with E-state index in [1.165, 1.54) is 22.2 Å². The number of fused-ring (bicyclic) bond motifs is 1. The summed E-state index contributed by atoms with van der Waals surface area (Å²) in [6, 6.07) is 8.66. The van der Waals surface area contributed by atoms with Crippen LogP contribution in [0.3, 0.4) is 0 Å². The van der Waals surface area contributed by atoms with Crippen LogP contribution in [-0.4, -0.2) is 23.4 Å². The summed E-state index contributed by atoms with van der Waals surface area (Å²) in [7, 11) is 0. The smallest absolute Gasteiger partial charge is 0.0810 e. The Labute approximate surface area is 112 Å². The molecule has 96 valence electrons. The van der Waals surface area contributed by atoms with Gasteiger partial charge in [0.25, 0.3) is 0 Å². The first-order valence-electron chi connectivity index (χ1n) is 6.53. The highest BCUT2D eigenvalue weighted by Gasteiger charge is 2.21. The molecule has 3 nitrogen and oxygen atoms in total. The summed E-state index contributed by atoms with van der Waals surface area (Å²) in [5.41, 5.74) is 8.37. The number of hydrogen-bond acceptors (Lipinski definition) is 3. The molecule has 3 rings (SSSR count). The summed E-state index contributed by atoms with van der Waals surface area (Å²) in [5.74, 6) is 1.20. The minimum Gasteiger partial charge on any atom is -0.347 e. The number of rotatable bonds is 4. The van der Waals surface area contributed by atoms with Gasteiger partial charge in [-0.2, -0.15) is 0 Å². The fourth-order valence-electron chi connectivity index (χ4n) is 2.56. The molecule has 1 fully saturated rings. The minimum atomic E-state index is 0.453. The molecular weight excluding hydrogens is 242 g/mol. The zero-order chi connectivity index (χ0) is 12.4. The molecule has 2 heterocycles. The highest BCUT2D eigenvalue weighted by atomic mass is 32.2. The topological polar surface area (TPSA) is 43.0 Å². The molecule has 0 amide bonds. The molecule has 0 aliphatic carbocycles. The van der Waals surface area contributed by atoms with E-state index in [9.17, 15) is 0 Å². The molecule has 0 saturated carbocycles. The first-order valence-corrected chi connectivity index (χ1v) is 7.58. The van der Waals surface area contributed by atoms with Gasteiger partial charge in [0.1, 0.15) is 0 Å². The van der Waals surface area contributed by atoms with E-state index in [1.807, 2.05) is 11.8 Å². The largest absolute Gasteiger partial charge is 0.347 e. The van der Waals surface area contributed by atoms with Crippen molar-refractivity contribution in [3.8, 4) is 0 Å². The molecule has 1 aliphatic heterocycles. The molecule has 0 bridgehead atoms. The standard InChI is InChI=1S/C14H19N3S/c15-6-3-8-17-10-12(14-16-7-9-18-14)11-4-1-2-5-13(11)17/h1-2,4-5,10,14,16H,3,6-9,15H2. The van der Waals surface area contributed by atoms with Crippen LogP contribution in [0.1, 0.15) is 17.4 Å². The molecule has 1 unspecified atom stereocenters. The molecule has 3 N–H and O–H groups in total. The number of nitrogens with one attached hydrogen (secondary N) is 1. The number of para-hydroxylation sites is 1. The monoisotopic (exact) mass is 261 g/mol. The Morgan fingerprint density at radius 3 is 3.06 bits per heavy atom. The molecule has 1 saturated heterocycles. The van der Waals surface area contributed by atoms with Crippen LogP contribution < -0.4 is 11.1 Å². The number of nitrogens with zero attached hydrogens (tertiary/aromatic N) is 1. The predicted molar refractivity (Wildman–Crippen MR) is 78.8 cm³/mol. The number of nitrogens with two attached hydrogens (primary N) is 1. The van der Waals surface area contributed by atoms with E-state index in [1.54, 1.807) is 0 Å². The number of thioether (sulfide) groups is 1. The Morgan fingerprint density at radius 2 is 2.28 bits per heavy atom. The van der Waals surface area contributed by atoms with Crippen molar-refractivity contribution in [3.63, 3.8) is 0 Å². The maximum absolute atomic E-state index is 5.62. The van der Waals surface area contributed by atoms with Crippen molar-refractivity contribution in [2.24, 2.45) is 5.73 Å². The van der Waals surface area contributed by atoms with Gasteiger partial charge in [-0.05, 0) is 19.0 Å².